The molecule has 1 aromatic heterocycles. The monoisotopic (exact) mass is 291 g/mol. The molecule has 4 nitrogen and oxygen atoms in total. The zero-order valence-corrected chi connectivity index (χ0v) is 12.4. The Bertz CT molecular complexity index is 703. The topological polar surface area (TPSA) is 65.8 Å². The zero-order chi connectivity index (χ0) is 15.5. The number of carbonyl (C=O) groups excluding carboxylic acids is 1. The second-order valence-corrected chi connectivity index (χ2v) is 5.68. The molecule has 0 saturated heterocycles. The van der Waals surface area contributed by atoms with Crippen molar-refractivity contribution in [3.63, 3.8) is 0 Å². The van der Waals surface area contributed by atoms with Gasteiger partial charge in [0.05, 0.1) is 6.04 Å². The lowest BCUT2D eigenvalue weighted by molar-refractivity contribution is -0.123. The summed E-state index contributed by atoms with van der Waals surface area (Å²) in [6, 6.07) is 15.5. The molecule has 3 rings (SSSR count). The maximum Gasteiger partial charge on any atom is 0.224 e. The molecule has 0 spiro atoms. The highest BCUT2D eigenvalue weighted by Gasteiger charge is 2.44. The van der Waals surface area contributed by atoms with Crippen LogP contribution in [0.4, 0.5) is 0 Å². The van der Waals surface area contributed by atoms with Crippen molar-refractivity contribution in [3.8, 4) is 6.07 Å². The molecule has 1 N–H and O–H groups in total. The smallest absolute Gasteiger partial charge is 0.224 e. The Labute approximate surface area is 129 Å². The number of hydrogen-bond donors (Lipinski definition) is 1. The second kappa shape index (κ2) is 5.98. The Morgan fingerprint density at radius 1 is 1.32 bits per heavy atom. The van der Waals surface area contributed by atoms with Crippen LogP contribution in [-0.2, 0) is 4.79 Å². The van der Waals surface area contributed by atoms with E-state index in [4.69, 9.17) is 5.26 Å². The average molecular weight is 291 g/mol. The van der Waals surface area contributed by atoms with Crippen LogP contribution < -0.4 is 5.32 Å². The molecule has 0 unspecified atom stereocenters. The minimum atomic E-state index is -0.107. The van der Waals surface area contributed by atoms with Gasteiger partial charge >= 0.3 is 0 Å². The Morgan fingerprint density at radius 3 is 2.73 bits per heavy atom. The van der Waals surface area contributed by atoms with E-state index in [1.807, 2.05) is 37.3 Å². The van der Waals surface area contributed by atoms with Crippen LogP contribution >= 0.6 is 0 Å². The lowest BCUT2D eigenvalue weighted by Gasteiger charge is -2.14. The summed E-state index contributed by atoms with van der Waals surface area (Å²) in [7, 11) is 0. The molecule has 1 saturated carbocycles. The van der Waals surface area contributed by atoms with Gasteiger partial charge in [-0.2, -0.15) is 5.26 Å². The van der Waals surface area contributed by atoms with Gasteiger partial charge in [0, 0.05) is 12.1 Å². The summed E-state index contributed by atoms with van der Waals surface area (Å²) in [4.78, 5) is 16.3. The van der Waals surface area contributed by atoms with Gasteiger partial charge in [-0.3, -0.25) is 4.79 Å². The number of pyridine rings is 1. The number of nitriles is 1. The van der Waals surface area contributed by atoms with Gasteiger partial charge in [-0.1, -0.05) is 36.4 Å². The standard InChI is InChI=1S/C18H17N3O/c1-12(14-7-8-15(10-19)20-11-14)21-18(22)17-9-16(17)13-5-3-2-4-6-13/h2-8,11-12,16-17H,9H2,1H3,(H,21,22)/t12-,16+,17-/m0/s1. The number of aromatic nitrogens is 1. The van der Waals surface area contributed by atoms with Crippen molar-refractivity contribution in [1.82, 2.24) is 10.3 Å². The summed E-state index contributed by atoms with van der Waals surface area (Å²) in [5, 5.41) is 11.8. The second-order valence-electron chi connectivity index (χ2n) is 5.68. The SMILES string of the molecule is C[C@H](NC(=O)[C@H]1C[C@@H]1c1ccccc1)c1ccc(C#N)nc1. The van der Waals surface area contributed by atoms with Crippen LogP contribution in [0.25, 0.3) is 0 Å². The molecule has 1 fully saturated rings. The predicted octanol–water partition coefficient (Wildman–Crippen LogP) is 2.93. The molecule has 1 aromatic carbocycles. The summed E-state index contributed by atoms with van der Waals surface area (Å²) in [6.45, 7) is 1.93. The van der Waals surface area contributed by atoms with E-state index in [9.17, 15) is 4.79 Å². The van der Waals surface area contributed by atoms with Crippen LogP contribution in [0.15, 0.2) is 48.7 Å². The highest BCUT2D eigenvalue weighted by atomic mass is 16.2. The minimum Gasteiger partial charge on any atom is -0.349 e. The molecule has 0 bridgehead atoms. The van der Waals surface area contributed by atoms with Crippen LogP contribution in [0.5, 0.6) is 0 Å². The van der Waals surface area contributed by atoms with Crippen LogP contribution in [0, 0.1) is 17.2 Å². The highest BCUT2D eigenvalue weighted by molar-refractivity contribution is 5.83. The molecule has 1 aliphatic carbocycles. The van der Waals surface area contributed by atoms with E-state index in [1.54, 1.807) is 12.3 Å². The first-order valence-corrected chi connectivity index (χ1v) is 7.40. The van der Waals surface area contributed by atoms with Crippen molar-refractivity contribution in [3.05, 3.63) is 65.5 Å². The largest absolute Gasteiger partial charge is 0.349 e. The molecule has 4 heteroatoms. The third-order valence-electron chi connectivity index (χ3n) is 4.11. The van der Waals surface area contributed by atoms with E-state index in [0.717, 1.165) is 12.0 Å². The maximum atomic E-state index is 12.3. The Hall–Kier alpha value is -2.67. The van der Waals surface area contributed by atoms with E-state index in [-0.39, 0.29) is 17.9 Å². The van der Waals surface area contributed by atoms with E-state index in [2.05, 4.69) is 22.4 Å². The molecular weight excluding hydrogens is 274 g/mol. The van der Waals surface area contributed by atoms with Crippen LogP contribution in [0.3, 0.4) is 0 Å². The fraction of sp³-hybridized carbons (Fsp3) is 0.278. The molecular formula is C18H17N3O. The summed E-state index contributed by atoms with van der Waals surface area (Å²) in [5.74, 6) is 0.495. The highest BCUT2D eigenvalue weighted by Crippen LogP contribution is 2.47. The van der Waals surface area contributed by atoms with Gasteiger partial charge < -0.3 is 5.32 Å². The number of nitrogens with zero attached hydrogens (tertiary/aromatic N) is 2. The van der Waals surface area contributed by atoms with E-state index >= 15 is 0 Å². The molecule has 0 aliphatic heterocycles. The summed E-state index contributed by atoms with van der Waals surface area (Å²) < 4.78 is 0. The van der Waals surface area contributed by atoms with Crippen LogP contribution in [0.1, 0.15) is 42.1 Å². The summed E-state index contributed by atoms with van der Waals surface area (Å²) in [6.07, 6.45) is 2.55. The normalized spacial score (nSPS) is 20.7. The maximum absolute atomic E-state index is 12.3. The quantitative estimate of drug-likeness (QED) is 0.941. The molecule has 3 atom stereocenters. The average Bonchev–Trinajstić information content (AvgIpc) is 3.36. The molecule has 1 aliphatic rings. The molecule has 1 amide bonds. The van der Waals surface area contributed by atoms with E-state index < -0.39 is 0 Å². The number of hydrogen-bond acceptors (Lipinski definition) is 3. The van der Waals surface area contributed by atoms with Crippen molar-refractivity contribution >= 4 is 5.91 Å². The first-order chi connectivity index (χ1) is 10.7. The van der Waals surface area contributed by atoms with Gasteiger partial charge in [-0.05, 0) is 36.5 Å². The van der Waals surface area contributed by atoms with Crippen molar-refractivity contribution in [2.45, 2.75) is 25.3 Å². The molecule has 22 heavy (non-hydrogen) atoms. The fourth-order valence-corrected chi connectivity index (χ4v) is 2.68. The third-order valence-corrected chi connectivity index (χ3v) is 4.11. The molecule has 1 heterocycles. The van der Waals surface area contributed by atoms with E-state index in [0.29, 0.717) is 11.6 Å². The summed E-state index contributed by atoms with van der Waals surface area (Å²) >= 11 is 0. The van der Waals surface area contributed by atoms with E-state index in [1.165, 1.54) is 5.56 Å². The van der Waals surface area contributed by atoms with Crippen molar-refractivity contribution in [1.29, 1.82) is 5.26 Å². The first kappa shape index (κ1) is 14.3. The minimum absolute atomic E-state index is 0.0659. The van der Waals surface area contributed by atoms with Gasteiger partial charge in [0.15, 0.2) is 0 Å². The van der Waals surface area contributed by atoms with Gasteiger partial charge in [0.1, 0.15) is 11.8 Å². The fourth-order valence-electron chi connectivity index (χ4n) is 2.68. The predicted molar refractivity (Wildman–Crippen MR) is 82.8 cm³/mol. The van der Waals surface area contributed by atoms with Gasteiger partial charge in [0.2, 0.25) is 5.91 Å². The van der Waals surface area contributed by atoms with Gasteiger partial charge in [0.25, 0.3) is 0 Å². The zero-order valence-electron chi connectivity index (χ0n) is 12.4. The Morgan fingerprint density at radius 2 is 2.09 bits per heavy atom. The third kappa shape index (κ3) is 2.99. The Kier molecular flexibility index (Phi) is 3.88. The number of amides is 1. The first-order valence-electron chi connectivity index (χ1n) is 7.40. The van der Waals surface area contributed by atoms with Crippen LogP contribution in [0.2, 0.25) is 0 Å². The van der Waals surface area contributed by atoms with Gasteiger partial charge in [-0.25, -0.2) is 4.98 Å². The molecule has 2 aromatic rings. The molecule has 0 radical (unpaired) electrons. The van der Waals surface area contributed by atoms with Crippen molar-refractivity contribution in [2.24, 2.45) is 5.92 Å². The number of benzene rings is 1. The Balaban J connectivity index is 1.59. The number of nitrogens with one attached hydrogen (secondary N) is 1. The van der Waals surface area contributed by atoms with Crippen molar-refractivity contribution in [2.75, 3.05) is 0 Å². The number of carbonyl (C=O) groups is 1. The van der Waals surface area contributed by atoms with Crippen LogP contribution in [-0.4, -0.2) is 10.9 Å². The lowest BCUT2D eigenvalue weighted by atomic mass is 10.1. The summed E-state index contributed by atoms with van der Waals surface area (Å²) in [5.41, 5.74) is 2.52. The number of rotatable bonds is 4. The van der Waals surface area contributed by atoms with Gasteiger partial charge in [-0.15, -0.1) is 0 Å². The molecule has 110 valence electrons. The lowest BCUT2D eigenvalue weighted by Crippen LogP contribution is -2.28. The van der Waals surface area contributed by atoms with Crippen molar-refractivity contribution < 1.29 is 4.79 Å².